The number of piperidine rings is 1. The first kappa shape index (κ1) is 21.6. The number of likely N-dealkylation sites (tertiary alicyclic amines) is 1. The zero-order valence-electron chi connectivity index (χ0n) is 17.8. The molecule has 30 heavy (non-hydrogen) atoms. The van der Waals surface area contributed by atoms with Gasteiger partial charge in [0.1, 0.15) is 11.6 Å². The van der Waals surface area contributed by atoms with Gasteiger partial charge in [-0.05, 0) is 52.7 Å². The number of amidine groups is 1. The Balaban J connectivity index is 1.59. The standard InChI is InChI=1S/C21H29N5O4/c1-14-18(27)26(16-8-6-5-7-9-16)24-17(22-14)19(28)25-12-10-15(11-13-25)23-20(29)30-21(2,3)4/h5-9,14-15H,10-13H2,1-4H3,(H,22,24)(H,23,29). The molecule has 9 nitrogen and oxygen atoms in total. The molecule has 1 fully saturated rings. The molecule has 0 aromatic heterocycles. The predicted molar refractivity (Wildman–Crippen MR) is 113 cm³/mol. The van der Waals surface area contributed by atoms with Crippen LogP contribution < -0.4 is 15.8 Å². The second kappa shape index (κ2) is 8.73. The Labute approximate surface area is 176 Å². The Hall–Kier alpha value is -3.10. The second-order valence-electron chi connectivity index (χ2n) is 8.49. The van der Waals surface area contributed by atoms with E-state index in [0.29, 0.717) is 31.6 Å². The molecule has 2 aliphatic rings. The van der Waals surface area contributed by atoms with Crippen LogP contribution >= 0.6 is 0 Å². The molecule has 1 atom stereocenters. The summed E-state index contributed by atoms with van der Waals surface area (Å²) < 4.78 is 5.29. The van der Waals surface area contributed by atoms with Crippen molar-refractivity contribution in [2.24, 2.45) is 4.99 Å². The minimum absolute atomic E-state index is 0.0496. The maximum Gasteiger partial charge on any atom is 0.407 e. The van der Waals surface area contributed by atoms with E-state index in [2.05, 4.69) is 15.7 Å². The van der Waals surface area contributed by atoms with Crippen molar-refractivity contribution in [2.45, 2.75) is 58.2 Å². The van der Waals surface area contributed by atoms with Crippen LogP contribution in [0.5, 0.6) is 0 Å². The number of hydrazine groups is 1. The lowest BCUT2D eigenvalue weighted by Crippen LogP contribution is -2.59. The number of carbonyl (C=O) groups excluding carboxylic acids is 3. The van der Waals surface area contributed by atoms with Gasteiger partial charge >= 0.3 is 6.09 Å². The van der Waals surface area contributed by atoms with Crippen molar-refractivity contribution in [3.05, 3.63) is 30.3 Å². The molecule has 2 heterocycles. The van der Waals surface area contributed by atoms with E-state index in [1.54, 1.807) is 24.0 Å². The Bertz CT molecular complexity index is 826. The number of nitrogens with zero attached hydrogens (tertiary/aromatic N) is 3. The quantitative estimate of drug-likeness (QED) is 0.784. The molecule has 0 bridgehead atoms. The van der Waals surface area contributed by atoms with Crippen LogP contribution in [-0.2, 0) is 14.3 Å². The van der Waals surface area contributed by atoms with Crippen molar-refractivity contribution in [2.75, 3.05) is 18.1 Å². The summed E-state index contributed by atoms with van der Waals surface area (Å²) in [4.78, 5) is 43.4. The van der Waals surface area contributed by atoms with Crippen molar-refractivity contribution in [1.82, 2.24) is 15.6 Å². The number of hydrogen-bond acceptors (Lipinski definition) is 6. The fraction of sp³-hybridized carbons (Fsp3) is 0.524. The zero-order chi connectivity index (χ0) is 21.9. The fourth-order valence-electron chi connectivity index (χ4n) is 3.35. The Morgan fingerprint density at radius 3 is 2.40 bits per heavy atom. The molecule has 0 aliphatic carbocycles. The van der Waals surface area contributed by atoms with Crippen LogP contribution in [-0.4, -0.2) is 59.4 Å². The molecule has 2 N–H and O–H groups in total. The number of ether oxygens (including phenoxy) is 1. The molecule has 1 unspecified atom stereocenters. The lowest BCUT2D eigenvalue weighted by molar-refractivity contribution is -0.125. The van der Waals surface area contributed by atoms with Crippen LogP contribution in [0.4, 0.5) is 10.5 Å². The van der Waals surface area contributed by atoms with E-state index in [1.165, 1.54) is 5.01 Å². The van der Waals surface area contributed by atoms with Gasteiger partial charge in [-0.25, -0.2) is 14.8 Å². The lowest BCUT2D eigenvalue weighted by atomic mass is 10.1. The second-order valence-corrected chi connectivity index (χ2v) is 8.49. The molecule has 0 spiro atoms. The molecule has 1 saturated heterocycles. The Morgan fingerprint density at radius 1 is 1.17 bits per heavy atom. The summed E-state index contributed by atoms with van der Waals surface area (Å²) in [5, 5.41) is 4.22. The van der Waals surface area contributed by atoms with E-state index in [-0.39, 0.29) is 23.7 Å². The van der Waals surface area contributed by atoms with E-state index in [9.17, 15) is 14.4 Å². The molecule has 9 heteroatoms. The number of carbonyl (C=O) groups is 3. The topological polar surface area (TPSA) is 103 Å². The van der Waals surface area contributed by atoms with Crippen LogP contribution in [0.1, 0.15) is 40.5 Å². The maximum atomic E-state index is 13.0. The monoisotopic (exact) mass is 415 g/mol. The van der Waals surface area contributed by atoms with Crippen molar-refractivity contribution in [1.29, 1.82) is 0 Å². The highest BCUT2D eigenvalue weighted by atomic mass is 16.6. The molecule has 162 valence electrons. The van der Waals surface area contributed by atoms with E-state index < -0.39 is 17.7 Å². The average molecular weight is 415 g/mol. The van der Waals surface area contributed by atoms with Gasteiger partial charge in [-0.1, -0.05) is 18.2 Å². The van der Waals surface area contributed by atoms with Gasteiger partial charge in [0, 0.05) is 19.1 Å². The van der Waals surface area contributed by atoms with Crippen molar-refractivity contribution < 1.29 is 19.1 Å². The normalized spacial score (nSPS) is 20.3. The summed E-state index contributed by atoms with van der Waals surface area (Å²) in [6, 6.07) is 8.38. The summed E-state index contributed by atoms with van der Waals surface area (Å²) in [6.07, 6.45) is 0.793. The van der Waals surface area contributed by atoms with Gasteiger partial charge in [0.25, 0.3) is 11.8 Å². The SMILES string of the molecule is CC1N=C(C(=O)N2CCC(NC(=O)OC(C)(C)C)CC2)NN(c2ccccc2)C1=O. The van der Waals surface area contributed by atoms with Gasteiger partial charge < -0.3 is 15.0 Å². The maximum absolute atomic E-state index is 13.0. The summed E-state index contributed by atoms with van der Waals surface area (Å²) in [7, 11) is 0. The third-order valence-electron chi connectivity index (χ3n) is 4.84. The molecule has 3 amide bonds. The molecule has 2 aliphatic heterocycles. The first-order valence-corrected chi connectivity index (χ1v) is 10.2. The number of alkyl carbamates (subject to hydrolysis) is 1. The van der Waals surface area contributed by atoms with Gasteiger partial charge in [0.15, 0.2) is 0 Å². The Kier molecular flexibility index (Phi) is 6.28. The first-order chi connectivity index (χ1) is 14.1. The van der Waals surface area contributed by atoms with Gasteiger partial charge in [-0.15, -0.1) is 0 Å². The number of anilines is 1. The lowest BCUT2D eigenvalue weighted by Gasteiger charge is -2.35. The highest BCUT2D eigenvalue weighted by Gasteiger charge is 2.34. The molecular weight excluding hydrogens is 386 g/mol. The van der Waals surface area contributed by atoms with E-state index in [4.69, 9.17) is 4.74 Å². The summed E-state index contributed by atoms with van der Waals surface area (Å²) >= 11 is 0. The molecular formula is C21H29N5O4. The van der Waals surface area contributed by atoms with Crippen LogP contribution in [0.25, 0.3) is 0 Å². The summed E-state index contributed by atoms with van der Waals surface area (Å²) in [6.45, 7) is 8.08. The third-order valence-corrected chi connectivity index (χ3v) is 4.84. The summed E-state index contributed by atoms with van der Waals surface area (Å²) in [5.41, 5.74) is 2.97. The number of hydrogen-bond donors (Lipinski definition) is 2. The smallest absolute Gasteiger partial charge is 0.407 e. The van der Waals surface area contributed by atoms with Crippen molar-refractivity contribution >= 4 is 29.4 Å². The number of nitrogens with one attached hydrogen (secondary N) is 2. The van der Waals surface area contributed by atoms with Crippen LogP contribution in [0.2, 0.25) is 0 Å². The highest BCUT2D eigenvalue weighted by molar-refractivity contribution is 6.39. The van der Waals surface area contributed by atoms with Gasteiger partial charge in [-0.3, -0.25) is 15.0 Å². The van der Waals surface area contributed by atoms with E-state index >= 15 is 0 Å². The molecule has 1 aromatic carbocycles. The van der Waals surface area contributed by atoms with Crippen LogP contribution in [0, 0.1) is 0 Å². The van der Waals surface area contributed by atoms with Crippen molar-refractivity contribution in [3.63, 3.8) is 0 Å². The van der Waals surface area contributed by atoms with E-state index in [1.807, 2.05) is 39.0 Å². The third kappa shape index (κ3) is 5.28. The molecule has 0 radical (unpaired) electrons. The number of benzene rings is 1. The minimum Gasteiger partial charge on any atom is -0.444 e. The number of aliphatic imine (C=N–C) groups is 1. The zero-order valence-corrected chi connectivity index (χ0v) is 17.8. The first-order valence-electron chi connectivity index (χ1n) is 10.2. The number of para-hydroxylation sites is 1. The van der Waals surface area contributed by atoms with Gasteiger partial charge in [0.2, 0.25) is 5.84 Å². The molecule has 3 rings (SSSR count). The molecule has 1 aromatic rings. The van der Waals surface area contributed by atoms with Crippen molar-refractivity contribution in [3.8, 4) is 0 Å². The number of rotatable bonds is 3. The molecule has 0 saturated carbocycles. The van der Waals surface area contributed by atoms with Crippen LogP contribution in [0.3, 0.4) is 0 Å². The predicted octanol–water partition coefficient (Wildman–Crippen LogP) is 1.84. The Morgan fingerprint density at radius 2 is 1.80 bits per heavy atom. The van der Waals surface area contributed by atoms with Crippen LogP contribution in [0.15, 0.2) is 35.3 Å². The average Bonchev–Trinajstić information content (AvgIpc) is 2.69. The fourth-order valence-corrected chi connectivity index (χ4v) is 3.35. The van der Waals surface area contributed by atoms with Gasteiger partial charge in [-0.2, -0.15) is 0 Å². The van der Waals surface area contributed by atoms with Gasteiger partial charge in [0.05, 0.1) is 5.69 Å². The largest absolute Gasteiger partial charge is 0.444 e. The minimum atomic E-state index is -0.656. The summed E-state index contributed by atoms with van der Waals surface area (Å²) in [5.74, 6) is -0.339. The number of amides is 3. The highest BCUT2D eigenvalue weighted by Crippen LogP contribution is 2.18. The van der Waals surface area contributed by atoms with E-state index in [0.717, 1.165) is 0 Å².